The minimum atomic E-state index is -0.253. The van der Waals surface area contributed by atoms with Crippen LogP contribution in [0.3, 0.4) is 0 Å². The molecular weight excluding hydrogens is 327 g/mol. The molecule has 0 radical (unpaired) electrons. The Morgan fingerprint density at radius 1 is 1.14 bits per heavy atom. The van der Waals surface area contributed by atoms with Gasteiger partial charge in [0.05, 0.1) is 10.0 Å². The van der Waals surface area contributed by atoms with Gasteiger partial charge in [-0.25, -0.2) is 0 Å². The molecule has 1 aliphatic carbocycles. The first kappa shape index (κ1) is 14.5. The van der Waals surface area contributed by atoms with Crippen LogP contribution in [0.5, 0.6) is 0 Å². The van der Waals surface area contributed by atoms with Gasteiger partial charge >= 0.3 is 0 Å². The lowest BCUT2D eigenvalue weighted by Gasteiger charge is -2.28. The molecule has 0 N–H and O–H groups in total. The highest BCUT2D eigenvalue weighted by Gasteiger charge is 2.33. The largest absolute Gasteiger partial charge is 0.360 e. The van der Waals surface area contributed by atoms with Gasteiger partial charge in [0, 0.05) is 35.9 Å². The summed E-state index contributed by atoms with van der Waals surface area (Å²) in [4.78, 5) is 3.99. The van der Waals surface area contributed by atoms with Gasteiger partial charge < -0.3 is 14.0 Å². The number of hydrogen-bond donors (Lipinski definition) is 0. The lowest BCUT2D eigenvalue weighted by molar-refractivity contribution is -0.318. The first-order chi connectivity index (χ1) is 10.7. The molecule has 0 aromatic carbocycles. The summed E-state index contributed by atoms with van der Waals surface area (Å²) >= 11 is 12.5. The lowest BCUT2D eigenvalue weighted by atomic mass is 9.81. The van der Waals surface area contributed by atoms with Crippen molar-refractivity contribution in [2.45, 2.75) is 37.9 Å². The topological polar surface area (TPSA) is 57.4 Å². The molecule has 22 heavy (non-hydrogen) atoms. The van der Waals surface area contributed by atoms with Crippen molar-refractivity contribution >= 4 is 23.2 Å². The van der Waals surface area contributed by atoms with Crippen LogP contribution in [-0.4, -0.2) is 23.2 Å². The summed E-state index contributed by atoms with van der Waals surface area (Å²) in [6, 6.07) is 0. The van der Waals surface area contributed by atoms with E-state index in [1.165, 1.54) is 6.42 Å². The fourth-order valence-electron chi connectivity index (χ4n) is 2.79. The SMILES string of the molecule is Clc1cncc(Cl)c1-c1noc(C2CCC2)c1CC1OCO1. The van der Waals surface area contributed by atoms with Crippen molar-refractivity contribution in [3.05, 3.63) is 33.8 Å². The zero-order valence-electron chi connectivity index (χ0n) is 11.7. The van der Waals surface area contributed by atoms with Crippen LogP contribution in [0.1, 0.15) is 36.5 Å². The van der Waals surface area contributed by atoms with Crippen LogP contribution >= 0.6 is 23.2 Å². The third kappa shape index (κ3) is 2.42. The van der Waals surface area contributed by atoms with Crippen LogP contribution in [0.15, 0.2) is 16.9 Å². The van der Waals surface area contributed by atoms with Gasteiger partial charge in [-0.1, -0.05) is 34.8 Å². The lowest BCUT2D eigenvalue weighted by Crippen LogP contribution is -2.32. The summed E-state index contributed by atoms with van der Waals surface area (Å²) in [6.07, 6.45) is 6.89. The molecule has 2 aromatic rings. The molecule has 3 heterocycles. The van der Waals surface area contributed by atoms with E-state index in [1.54, 1.807) is 12.4 Å². The summed E-state index contributed by atoms with van der Waals surface area (Å²) < 4.78 is 16.4. The predicted molar refractivity (Wildman–Crippen MR) is 80.9 cm³/mol. The number of rotatable bonds is 4. The molecule has 0 spiro atoms. The van der Waals surface area contributed by atoms with Gasteiger partial charge in [-0.05, 0) is 12.8 Å². The average Bonchev–Trinajstić information content (AvgIpc) is 2.75. The fraction of sp³-hybridized carbons (Fsp3) is 0.467. The Morgan fingerprint density at radius 2 is 1.86 bits per heavy atom. The summed E-state index contributed by atoms with van der Waals surface area (Å²) in [6.45, 7) is 0.334. The number of hydrogen-bond acceptors (Lipinski definition) is 5. The summed E-state index contributed by atoms with van der Waals surface area (Å²) in [5.74, 6) is 1.32. The number of nitrogens with zero attached hydrogens (tertiary/aromatic N) is 2. The predicted octanol–water partition coefficient (Wildman–Crippen LogP) is 4.18. The van der Waals surface area contributed by atoms with E-state index in [2.05, 4.69) is 10.1 Å². The minimum Gasteiger partial charge on any atom is -0.360 e. The maximum absolute atomic E-state index is 6.27. The van der Waals surface area contributed by atoms with E-state index in [9.17, 15) is 0 Å². The third-order valence-electron chi connectivity index (χ3n) is 4.26. The van der Waals surface area contributed by atoms with Crippen LogP contribution in [-0.2, 0) is 15.9 Å². The van der Waals surface area contributed by atoms with Gasteiger partial charge in [-0.15, -0.1) is 0 Å². The Hall–Kier alpha value is -1.14. The van der Waals surface area contributed by atoms with Crippen molar-refractivity contribution in [2.24, 2.45) is 0 Å². The maximum Gasteiger partial charge on any atom is 0.167 e. The van der Waals surface area contributed by atoms with Crippen LogP contribution in [0.4, 0.5) is 0 Å². The molecule has 7 heteroatoms. The Kier molecular flexibility index (Phi) is 3.82. The highest BCUT2D eigenvalue weighted by Crippen LogP contribution is 2.44. The summed E-state index contributed by atoms with van der Waals surface area (Å²) in [5, 5.41) is 5.15. The number of halogens is 2. The van der Waals surface area contributed by atoms with E-state index in [1.807, 2.05) is 0 Å². The quantitative estimate of drug-likeness (QED) is 0.835. The van der Waals surface area contributed by atoms with E-state index in [0.717, 1.165) is 24.2 Å². The molecule has 1 saturated heterocycles. The molecule has 0 amide bonds. The second-order valence-electron chi connectivity index (χ2n) is 5.56. The van der Waals surface area contributed by atoms with E-state index >= 15 is 0 Å². The molecule has 5 nitrogen and oxygen atoms in total. The van der Waals surface area contributed by atoms with E-state index in [-0.39, 0.29) is 6.29 Å². The van der Waals surface area contributed by atoms with Crippen molar-refractivity contribution < 1.29 is 14.0 Å². The van der Waals surface area contributed by atoms with E-state index < -0.39 is 0 Å². The second kappa shape index (κ2) is 5.81. The first-order valence-electron chi connectivity index (χ1n) is 7.25. The number of pyridine rings is 1. The molecule has 4 rings (SSSR count). The van der Waals surface area contributed by atoms with Crippen LogP contribution < -0.4 is 0 Å². The Balaban J connectivity index is 1.79. The third-order valence-corrected chi connectivity index (χ3v) is 4.84. The van der Waals surface area contributed by atoms with Crippen molar-refractivity contribution in [1.82, 2.24) is 10.1 Å². The molecule has 0 atom stereocenters. The fourth-order valence-corrected chi connectivity index (χ4v) is 3.34. The van der Waals surface area contributed by atoms with Gasteiger partial charge in [0.2, 0.25) is 0 Å². The van der Waals surface area contributed by atoms with Gasteiger partial charge in [0.1, 0.15) is 11.5 Å². The van der Waals surface area contributed by atoms with Crippen LogP contribution in [0, 0.1) is 0 Å². The zero-order chi connectivity index (χ0) is 15.1. The van der Waals surface area contributed by atoms with E-state index in [0.29, 0.717) is 40.4 Å². The maximum atomic E-state index is 6.27. The normalized spacial score (nSPS) is 19.0. The highest BCUT2D eigenvalue weighted by atomic mass is 35.5. The van der Waals surface area contributed by atoms with Crippen molar-refractivity contribution in [1.29, 1.82) is 0 Å². The number of aromatic nitrogens is 2. The molecule has 1 saturated carbocycles. The first-order valence-corrected chi connectivity index (χ1v) is 8.00. The van der Waals surface area contributed by atoms with Crippen LogP contribution in [0.2, 0.25) is 10.0 Å². The average molecular weight is 341 g/mol. The monoisotopic (exact) mass is 340 g/mol. The standard InChI is InChI=1S/C15H14Cl2N2O3/c16-10-5-18-6-11(17)13(10)14-9(4-12-20-7-21-12)15(22-19-14)8-2-1-3-8/h5-6,8,12H,1-4,7H2. The second-order valence-corrected chi connectivity index (χ2v) is 6.38. The van der Waals surface area contributed by atoms with Crippen molar-refractivity contribution in [3.63, 3.8) is 0 Å². The van der Waals surface area contributed by atoms with Gasteiger partial charge in [-0.3, -0.25) is 4.98 Å². The number of ether oxygens (including phenoxy) is 2. The molecule has 0 bridgehead atoms. The van der Waals surface area contributed by atoms with Crippen molar-refractivity contribution in [2.75, 3.05) is 6.79 Å². The Labute approximate surface area is 137 Å². The van der Waals surface area contributed by atoms with Gasteiger partial charge in [0.25, 0.3) is 0 Å². The molecule has 2 aromatic heterocycles. The molecule has 2 fully saturated rings. The Bertz CT molecular complexity index is 676. The molecule has 116 valence electrons. The Morgan fingerprint density at radius 3 is 2.41 bits per heavy atom. The van der Waals surface area contributed by atoms with Crippen molar-refractivity contribution in [3.8, 4) is 11.3 Å². The van der Waals surface area contributed by atoms with Gasteiger partial charge in [-0.2, -0.15) is 0 Å². The summed E-state index contributed by atoms with van der Waals surface area (Å²) in [5.41, 5.74) is 2.30. The van der Waals surface area contributed by atoms with Gasteiger partial charge in [0.15, 0.2) is 13.1 Å². The molecule has 1 aliphatic heterocycles. The minimum absolute atomic E-state index is 0.253. The molecular formula is C15H14Cl2N2O3. The molecule has 2 aliphatic rings. The zero-order valence-corrected chi connectivity index (χ0v) is 13.2. The van der Waals surface area contributed by atoms with Crippen LogP contribution in [0.25, 0.3) is 11.3 Å². The smallest absolute Gasteiger partial charge is 0.167 e. The van der Waals surface area contributed by atoms with E-state index in [4.69, 9.17) is 37.2 Å². The molecule has 0 unspecified atom stereocenters. The highest BCUT2D eigenvalue weighted by molar-refractivity contribution is 6.38. The summed E-state index contributed by atoms with van der Waals surface area (Å²) in [7, 11) is 0.